The van der Waals surface area contributed by atoms with E-state index in [1.165, 1.54) is 108 Å². The molecule has 224 valence electrons. The van der Waals surface area contributed by atoms with Crippen molar-refractivity contribution in [2.24, 2.45) is 11.7 Å². The fourth-order valence-corrected chi connectivity index (χ4v) is 6.23. The first-order valence-electron chi connectivity index (χ1n) is 16.7. The van der Waals surface area contributed by atoms with Gasteiger partial charge in [-0.1, -0.05) is 143 Å². The molecule has 0 bridgehead atoms. The second-order valence-electron chi connectivity index (χ2n) is 13.0. The lowest BCUT2D eigenvalue weighted by atomic mass is 9.88. The van der Waals surface area contributed by atoms with E-state index in [1.54, 1.807) is 0 Å². The first kappa shape index (κ1) is 34.9. The van der Waals surface area contributed by atoms with Crippen molar-refractivity contribution in [2.45, 2.75) is 193 Å². The molecule has 0 saturated carbocycles. The number of nitrogens with zero attached hydrogens (tertiary/aromatic N) is 1. The van der Waals surface area contributed by atoms with Crippen LogP contribution in [0.5, 0.6) is 0 Å². The zero-order chi connectivity index (χ0) is 28.3. The Labute approximate surface area is 236 Å². The average molecular weight is 536 g/mol. The number of rotatable bonds is 25. The van der Waals surface area contributed by atoms with E-state index in [4.69, 9.17) is 5.73 Å². The van der Waals surface area contributed by atoms with Gasteiger partial charge in [0, 0.05) is 0 Å². The smallest absolute Gasteiger partial charge is 0.323 e. The maximum atomic E-state index is 13.5. The number of amides is 3. The van der Waals surface area contributed by atoms with Gasteiger partial charge in [0.05, 0.1) is 0 Å². The van der Waals surface area contributed by atoms with Crippen LogP contribution in [0, 0.1) is 5.92 Å². The van der Waals surface area contributed by atoms with Gasteiger partial charge in [0.1, 0.15) is 11.2 Å². The molecule has 3 amide bonds. The fourth-order valence-electron chi connectivity index (χ4n) is 6.23. The quantitative estimate of drug-likeness (QED) is 0.0902. The van der Waals surface area contributed by atoms with Gasteiger partial charge in [0.15, 0.2) is 0 Å². The predicted molar refractivity (Wildman–Crippen MR) is 163 cm³/mol. The summed E-state index contributed by atoms with van der Waals surface area (Å²) in [5, 5.41) is 3.00. The Morgan fingerprint density at radius 1 is 0.684 bits per heavy atom. The Morgan fingerprint density at radius 3 is 1.37 bits per heavy atom. The largest absolute Gasteiger partial charge is 0.326 e. The molecule has 3 N–H and O–H groups in total. The lowest BCUT2D eigenvalue weighted by Crippen LogP contribution is -2.59. The van der Waals surface area contributed by atoms with Gasteiger partial charge in [-0.15, -0.1) is 0 Å². The van der Waals surface area contributed by atoms with E-state index in [-0.39, 0.29) is 11.9 Å². The van der Waals surface area contributed by atoms with Gasteiger partial charge >= 0.3 is 6.03 Å². The number of carbonyl (C=O) groups is 2. The summed E-state index contributed by atoms with van der Waals surface area (Å²) in [5.41, 5.74) is 5.28. The minimum absolute atomic E-state index is 0.127. The maximum Gasteiger partial charge on any atom is 0.326 e. The van der Waals surface area contributed by atoms with E-state index in [9.17, 15) is 9.59 Å². The summed E-state index contributed by atoms with van der Waals surface area (Å²) in [5.74, 6) is 0.193. The van der Waals surface area contributed by atoms with Crippen molar-refractivity contribution >= 4 is 11.9 Å². The molecule has 1 aliphatic rings. The summed E-state index contributed by atoms with van der Waals surface area (Å²) in [6, 6.07) is -0.292. The third-order valence-electron chi connectivity index (χ3n) is 8.45. The van der Waals surface area contributed by atoms with E-state index in [0.717, 1.165) is 25.7 Å². The first-order chi connectivity index (χ1) is 18.2. The van der Waals surface area contributed by atoms with Crippen LogP contribution in [0.4, 0.5) is 4.79 Å². The monoisotopic (exact) mass is 536 g/mol. The molecule has 1 saturated heterocycles. The lowest BCUT2D eigenvalue weighted by molar-refractivity contribution is -0.136. The molecule has 5 heteroatoms. The Kier molecular flexibility index (Phi) is 18.3. The van der Waals surface area contributed by atoms with Gasteiger partial charge in [-0.3, -0.25) is 4.79 Å². The number of carbonyl (C=O) groups excluding carboxylic acids is 2. The van der Waals surface area contributed by atoms with Gasteiger partial charge in [0.25, 0.3) is 5.91 Å². The second-order valence-corrected chi connectivity index (χ2v) is 13.0. The zero-order valence-electron chi connectivity index (χ0n) is 26.2. The van der Waals surface area contributed by atoms with Crippen molar-refractivity contribution in [2.75, 3.05) is 0 Å². The number of hydrogen-bond acceptors (Lipinski definition) is 3. The highest BCUT2D eigenvalue weighted by molar-refractivity contribution is 6.07. The van der Waals surface area contributed by atoms with E-state index < -0.39 is 11.2 Å². The summed E-state index contributed by atoms with van der Waals surface area (Å²) in [6.07, 6.45) is 27.3. The van der Waals surface area contributed by atoms with Crippen molar-refractivity contribution in [1.82, 2.24) is 10.2 Å². The molecule has 0 aliphatic carbocycles. The summed E-state index contributed by atoms with van der Waals surface area (Å²) in [6.45, 7) is 10.6. The first-order valence-corrected chi connectivity index (χ1v) is 16.7. The Bertz CT molecular complexity index is 612. The molecule has 38 heavy (non-hydrogen) atoms. The zero-order valence-corrected chi connectivity index (χ0v) is 26.2. The molecule has 1 fully saturated rings. The van der Waals surface area contributed by atoms with E-state index in [2.05, 4.69) is 33.0 Å². The normalized spacial score (nSPS) is 18.1. The van der Waals surface area contributed by atoms with Crippen LogP contribution in [-0.2, 0) is 4.79 Å². The number of nitrogens with two attached hydrogens (primary N) is 1. The number of imide groups is 1. The van der Waals surface area contributed by atoms with E-state index in [0.29, 0.717) is 25.2 Å². The van der Waals surface area contributed by atoms with Crippen LogP contribution in [0.3, 0.4) is 0 Å². The van der Waals surface area contributed by atoms with Crippen molar-refractivity contribution in [1.29, 1.82) is 0 Å². The van der Waals surface area contributed by atoms with Crippen LogP contribution < -0.4 is 11.1 Å². The van der Waals surface area contributed by atoms with Crippen LogP contribution in [0.15, 0.2) is 0 Å². The Balaban J connectivity index is 2.57. The molecule has 0 aromatic heterocycles. The molecule has 0 aromatic carbocycles. The SMILES string of the molecule is CCCCCCCCCCCCC(N)(CCCCCCCCCCCC)N1C(=O)NC(C)(CC(C)C)C1=O. The summed E-state index contributed by atoms with van der Waals surface area (Å²) in [4.78, 5) is 28.1. The van der Waals surface area contributed by atoms with Crippen LogP contribution in [-0.4, -0.2) is 28.0 Å². The Morgan fingerprint density at radius 2 is 1.03 bits per heavy atom. The third-order valence-corrected chi connectivity index (χ3v) is 8.45. The molecule has 1 rings (SSSR count). The van der Waals surface area contributed by atoms with Gasteiger partial charge in [0.2, 0.25) is 0 Å². The third kappa shape index (κ3) is 13.3. The molecule has 1 aliphatic heterocycles. The highest BCUT2D eigenvalue weighted by Crippen LogP contribution is 2.33. The van der Waals surface area contributed by atoms with Gasteiger partial charge in [-0.05, 0) is 44.9 Å². The lowest BCUT2D eigenvalue weighted by Gasteiger charge is -2.37. The molecule has 1 unspecified atom stereocenters. The van der Waals surface area contributed by atoms with Crippen molar-refractivity contribution in [3.05, 3.63) is 0 Å². The molecule has 1 heterocycles. The predicted octanol–water partition coefficient (Wildman–Crippen LogP) is 9.62. The molecule has 1 atom stereocenters. The van der Waals surface area contributed by atoms with Gasteiger partial charge in [-0.2, -0.15) is 0 Å². The van der Waals surface area contributed by atoms with Crippen LogP contribution in [0.2, 0.25) is 0 Å². The highest BCUT2D eigenvalue weighted by atomic mass is 16.2. The van der Waals surface area contributed by atoms with Crippen molar-refractivity contribution < 1.29 is 9.59 Å². The molecule has 0 aromatic rings. The maximum absolute atomic E-state index is 13.5. The summed E-state index contributed by atoms with van der Waals surface area (Å²) >= 11 is 0. The minimum atomic E-state index is -0.879. The standard InChI is InChI=1S/C33H65N3O2/c1-6-8-10-12-14-16-18-20-22-24-26-33(34,27-25-23-21-19-17-15-13-11-9-7-2)36-30(37)32(5,28-29(3)4)35-31(36)38/h29H,6-28,34H2,1-5H3,(H,35,38). The molecule has 0 spiro atoms. The minimum Gasteiger partial charge on any atom is -0.323 e. The summed E-state index contributed by atoms with van der Waals surface area (Å²) in [7, 11) is 0. The second kappa shape index (κ2) is 19.9. The molecular formula is C33H65N3O2. The Hall–Kier alpha value is -1.10. The molecule has 5 nitrogen and oxygen atoms in total. The number of nitrogens with one attached hydrogen (secondary N) is 1. The molecule has 0 radical (unpaired) electrons. The van der Waals surface area contributed by atoms with E-state index >= 15 is 0 Å². The average Bonchev–Trinajstić information content (AvgIpc) is 3.08. The number of urea groups is 1. The van der Waals surface area contributed by atoms with Crippen LogP contribution >= 0.6 is 0 Å². The van der Waals surface area contributed by atoms with Crippen LogP contribution in [0.25, 0.3) is 0 Å². The number of hydrogen-bond donors (Lipinski definition) is 2. The van der Waals surface area contributed by atoms with Gasteiger partial charge < -0.3 is 11.1 Å². The molecular weight excluding hydrogens is 470 g/mol. The summed E-state index contributed by atoms with van der Waals surface area (Å²) < 4.78 is 0. The van der Waals surface area contributed by atoms with Gasteiger partial charge in [-0.25, -0.2) is 9.69 Å². The fraction of sp³-hybridized carbons (Fsp3) is 0.939. The van der Waals surface area contributed by atoms with Crippen LogP contribution in [0.1, 0.15) is 182 Å². The van der Waals surface area contributed by atoms with E-state index in [1.807, 2.05) is 6.92 Å². The van der Waals surface area contributed by atoms with Crippen molar-refractivity contribution in [3.8, 4) is 0 Å². The highest BCUT2D eigenvalue weighted by Gasteiger charge is 2.54. The van der Waals surface area contributed by atoms with Crippen molar-refractivity contribution in [3.63, 3.8) is 0 Å². The topological polar surface area (TPSA) is 75.4 Å². The number of unbranched alkanes of at least 4 members (excludes halogenated alkanes) is 18.